The van der Waals surface area contributed by atoms with Gasteiger partial charge in [-0.25, -0.2) is 13.4 Å². The summed E-state index contributed by atoms with van der Waals surface area (Å²) >= 11 is 0.920. The van der Waals surface area contributed by atoms with Gasteiger partial charge in [0.1, 0.15) is 0 Å². The third kappa shape index (κ3) is 4.36. The summed E-state index contributed by atoms with van der Waals surface area (Å²) in [5.41, 5.74) is 2.54. The number of carbonyl (C=O) groups is 1. The van der Waals surface area contributed by atoms with Crippen molar-refractivity contribution in [2.24, 2.45) is 0 Å². The number of sulfonamides is 1. The number of aromatic nitrogens is 4. The predicted molar refractivity (Wildman–Crippen MR) is 111 cm³/mol. The Morgan fingerprint density at radius 1 is 1.03 bits per heavy atom. The van der Waals surface area contributed by atoms with Crippen LogP contribution in [-0.2, 0) is 10.0 Å². The maximum atomic E-state index is 13.0. The fourth-order valence-electron chi connectivity index (χ4n) is 2.67. The SMILES string of the molecule is CS(=O)(=O)Nc1nnc(NC(=O)c2cc(-c3ccncc3)nc3ccccc23)s1. The Kier molecular flexibility index (Phi) is 4.91. The highest BCUT2D eigenvalue weighted by atomic mass is 32.2. The molecule has 0 saturated carbocycles. The molecule has 3 aromatic heterocycles. The standard InChI is InChI=1S/C18H14N6O3S2/c1-29(26,27)24-18-23-22-17(28-18)21-16(25)13-10-15(11-6-8-19-9-7-11)20-14-5-3-2-4-12(13)14/h2-10H,1H3,(H,23,24)(H,21,22,25). The number of nitrogens with one attached hydrogen (secondary N) is 2. The molecule has 4 aromatic rings. The first-order valence-electron chi connectivity index (χ1n) is 8.32. The van der Waals surface area contributed by atoms with Gasteiger partial charge in [0.15, 0.2) is 0 Å². The molecule has 0 radical (unpaired) electrons. The van der Waals surface area contributed by atoms with Crippen molar-refractivity contribution in [3.63, 3.8) is 0 Å². The molecular weight excluding hydrogens is 412 g/mol. The highest BCUT2D eigenvalue weighted by Gasteiger charge is 2.16. The van der Waals surface area contributed by atoms with Crippen molar-refractivity contribution in [3.05, 3.63) is 60.4 Å². The van der Waals surface area contributed by atoms with Gasteiger partial charge in [-0.2, -0.15) is 0 Å². The van der Waals surface area contributed by atoms with Crippen LogP contribution in [0.25, 0.3) is 22.2 Å². The zero-order valence-electron chi connectivity index (χ0n) is 15.0. The molecule has 0 unspecified atom stereocenters. The molecule has 0 aliphatic heterocycles. The second kappa shape index (κ2) is 7.53. The van der Waals surface area contributed by atoms with Gasteiger partial charge < -0.3 is 0 Å². The lowest BCUT2D eigenvalue weighted by molar-refractivity contribution is 0.102. The number of fused-ring (bicyclic) bond motifs is 1. The van der Waals surface area contributed by atoms with Crippen LogP contribution >= 0.6 is 11.3 Å². The molecule has 2 N–H and O–H groups in total. The minimum atomic E-state index is -3.48. The predicted octanol–water partition coefficient (Wildman–Crippen LogP) is 2.77. The topological polar surface area (TPSA) is 127 Å². The number of hydrogen-bond donors (Lipinski definition) is 2. The van der Waals surface area contributed by atoms with Crippen molar-refractivity contribution in [2.75, 3.05) is 16.3 Å². The highest BCUT2D eigenvalue weighted by molar-refractivity contribution is 7.92. The Hall–Kier alpha value is -3.44. The quantitative estimate of drug-likeness (QED) is 0.502. The van der Waals surface area contributed by atoms with Crippen molar-refractivity contribution < 1.29 is 13.2 Å². The Morgan fingerprint density at radius 3 is 2.52 bits per heavy atom. The van der Waals surface area contributed by atoms with Crippen LogP contribution in [0.15, 0.2) is 54.9 Å². The molecule has 0 saturated heterocycles. The fourth-order valence-corrected chi connectivity index (χ4v) is 4.14. The first-order chi connectivity index (χ1) is 13.9. The number of amides is 1. The molecular formula is C18H14N6O3S2. The van der Waals surface area contributed by atoms with Crippen molar-refractivity contribution in [1.29, 1.82) is 0 Å². The van der Waals surface area contributed by atoms with Gasteiger partial charge in [-0.15, -0.1) is 10.2 Å². The Balaban J connectivity index is 1.70. The van der Waals surface area contributed by atoms with Gasteiger partial charge in [-0.05, 0) is 24.3 Å². The van der Waals surface area contributed by atoms with Crippen molar-refractivity contribution in [1.82, 2.24) is 20.2 Å². The van der Waals surface area contributed by atoms with E-state index in [1.54, 1.807) is 18.5 Å². The number of para-hydroxylation sites is 1. The monoisotopic (exact) mass is 426 g/mol. The smallest absolute Gasteiger partial charge is 0.258 e. The fraction of sp³-hybridized carbons (Fsp3) is 0.0556. The number of pyridine rings is 2. The highest BCUT2D eigenvalue weighted by Crippen LogP contribution is 2.26. The molecule has 0 aliphatic rings. The Labute approximate surface area is 169 Å². The van der Waals surface area contributed by atoms with E-state index in [0.717, 1.165) is 23.2 Å². The van der Waals surface area contributed by atoms with Gasteiger partial charge >= 0.3 is 0 Å². The zero-order chi connectivity index (χ0) is 20.4. The van der Waals surface area contributed by atoms with Crippen LogP contribution in [0.3, 0.4) is 0 Å². The molecule has 11 heteroatoms. The minimum absolute atomic E-state index is 0.0693. The molecule has 0 bridgehead atoms. The van der Waals surface area contributed by atoms with Gasteiger partial charge in [0.05, 0.1) is 23.0 Å². The summed E-state index contributed by atoms with van der Waals surface area (Å²) in [4.78, 5) is 21.6. The molecule has 0 atom stereocenters. The molecule has 29 heavy (non-hydrogen) atoms. The van der Waals surface area contributed by atoms with Crippen LogP contribution in [-0.4, -0.2) is 40.7 Å². The lowest BCUT2D eigenvalue weighted by atomic mass is 10.0. The molecule has 1 aromatic carbocycles. The number of carbonyl (C=O) groups excluding carboxylic acids is 1. The minimum Gasteiger partial charge on any atom is -0.296 e. The van der Waals surface area contributed by atoms with E-state index in [2.05, 4.69) is 30.2 Å². The number of hydrogen-bond acceptors (Lipinski definition) is 8. The summed E-state index contributed by atoms with van der Waals surface area (Å²) in [6.45, 7) is 0. The van der Waals surface area contributed by atoms with Gasteiger partial charge in [-0.3, -0.25) is 19.8 Å². The average molecular weight is 426 g/mol. The maximum absolute atomic E-state index is 13.0. The summed E-state index contributed by atoms with van der Waals surface area (Å²) in [5.74, 6) is -0.402. The summed E-state index contributed by atoms with van der Waals surface area (Å²) in [7, 11) is -3.48. The van der Waals surface area contributed by atoms with E-state index in [1.165, 1.54) is 0 Å². The van der Waals surface area contributed by atoms with Gasteiger partial charge in [0.25, 0.3) is 5.91 Å². The van der Waals surface area contributed by atoms with E-state index < -0.39 is 15.9 Å². The lowest BCUT2D eigenvalue weighted by Gasteiger charge is -2.09. The average Bonchev–Trinajstić information content (AvgIpc) is 3.12. The number of nitrogens with zero attached hydrogens (tertiary/aromatic N) is 4. The largest absolute Gasteiger partial charge is 0.296 e. The normalized spacial score (nSPS) is 11.3. The Bertz CT molecular complexity index is 1310. The van der Waals surface area contributed by atoms with Crippen molar-refractivity contribution in [2.45, 2.75) is 0 Å². The van der Waals surface area contributed by atoms with Gasteiger partial charge in [-0.1, -0.05) is 29.5 Å². The second-order valence-corrected chi connectivity index (χ2v) is 8.77. The zero-order valence-corrected chi connectivity index (χ0v) is 16.7. The molecule has 146 valence electrons. The molecule has 4 rings (SSSR count). The number of rotatable bonds is 5. The molecule has 0 aliphatic carbocycles. The van der Waals surface area contributed by atoms with Crippen LogP contribution in [0.1, 0.15) is 10.4 Å². The van der Waals surface area contributed by atoms with Gasteiger partial charge in [0, 0.05) is 23.3 Å². The molecule has 3 heterocycles. The van der Waals surface area contributed by atoms with Crippen molar-refractivity contribution in [3.8, 4) is 11.3 Å². The molecule has 0 spiro atoms. The molecule has 0 fully saturated rings. The van der Waals surface area contributed by atoms with Crippen LogP contribution in [0.2, 0.25) is 0 Å². The first kappa shape index (κ1) is 18.9. The first-order valence-corrected chi connectivity index (χ1v) is 11.0. The van der Waals surface area contributed by atoms with Crippen LogP contribution < -0.4 is 10.0 Å². The van der Waals surface area contributed by atoms with Crippen LogP contribution in [0, 0.1) is 0 Å². The summed E-state index contributed by atoms with van der Waals surface area (Å²) in [5, 5.41) is 11.1. The molecule has 9 nitrogen and oxygen atoms in total. The van der Waals surface area contributed by atoms with Crippen LogP contribution in [0.5, 0.6) is 0 Å². The number of anilines is 2. The third-order valence-corrected chi connectivity index (χ3v) is 5.30. The van der Waals surface area contributed by atoms with Crippen molar-refractivity contribution >= 4 is 48.4 Å². The van der Waals surface area contributed by atoms with Crippen LogP contribution in [0.4, 0.5) is 10.3 Å². The van der Waals surface area contributed by atoms with E-state index in [4.69, 9.17) is 0 Å². The van der Waals surface area contributed by atoms with E-state index in [1.807, 2.05) is 36.4 Å². The van der Waals surface area contributed by atoms with E-state index >= 15 is 0 Å². The molecule has 1 amide bonds. The summed E-state index contributed by atoms with van der Waals surface area (Å²) in [6, 6.07) is 12.6. The Morgan fingerprint density at radius 2 is 1.76 bits per heavy atom. The van der Waals surface area contributed by atoms with Gasteiger partial charge in [0.2, 0.25) is 20.3 Å². The summed E-state index contributed by atoms with van der Waals surface area (Å²) in [6.07, 6.45) is 4.32. The number of benzene rings is 1. The lowest BCUT2D eigenvalue weighted by Crippen LogP contribution is -2.13. The maximum Gasteiger partial charge on any atom is 0.258 e. The third-order valence-electron chi connectivity index (χ3n) is 3.86. The van der Waals surface area contributed by atoms with E-state index in [9.17, 15) is 13.2 Å². The van der Waals surface area contributed by atoms with E-state index in [-0.39, 0.29) is 10.3 Å². The van der Waals surface area contributed by atoms with E-state index in [0.29, 0.717) is 22.2 Å². The second-order valence-electron chi connectivity index (χ2n) is 6.05. The summed E-state index contributed by atoms with van der Waals surface area (Å²) < 4.78 is 24.8.